The molecule has 0 fully saturated rings. The fourth-order valence-electron chi connectivity index (χ4n) is 2.85. The number of pyridine rings is 1. The minimum absolute atomic E-state index is 0.0390. The van der Waals surface area contributed by atoms with Crippen molar-refractivity contribution in [3.8, 4) is 23.7 Å². The Labute approximate surface area is 210 Å². The molecular weight excluding hydrogens is 464 g/mol. The zero-order valence-corrected chi connectivity index (χ0v) is 20.6. The number of esters is 2. The highest BCUT2D eigenvalue weighted by Gasteiger charge is 2.17. The maximum atomic E-state index is 12.2. The zero-order chi connectivity index (χ0) is 26.6. The van der Waals surface area contributed by atoms with Crippen LogP contribution < -0.4 is 5.32 Å². The molecule has 9 heteroatoms. The summed E-state index contributed by atoms with van der Waals surface area (Å²) in [6.07, 6.45) is 0.827. The summed E-state index contributed by atoms with van der Waals surface area (Å²) < 4.78 is 15.1. The number of aliphatic hydroxyl groups is 1. The molecule has 0 radical (unpaired) electrons. The van der Waals surface area contributed by atoms with Crippen molar-refractivity contribution in [2.24, 2.45) is 0 Å². The molecule has 1 amide bonds. The van der Waals surface area contributed by atoms with E-state index in [0.717, 1.165) is 0 Å². The van der Waals surface area contributed by atoms with Gasteiger partial charge in [0.15, 0.2) is 6.61 Å². The number of anilines is 1. The van der Waals surface area contributed by atoms with Crippen molar-refractivity contribution in [2.75, 3.05) is 25.6 Å². The van der Waals surface area contributed by atoms with Crippen LogP contribution in [0.1, 0.15) is 43.0 Å². The third kappa shape index (κ3) is 10.7. The number of methoxy groups -OCH3 is 1. The molecule has 0 saturated heterocycles. The molecule has 1 aromatic heterocycles. The van der Waals surface area contributed by atoms with Crippen molar-refractivity contribution in [2.45, 2.75) is 39.2 Å². The van der Waals surface area contributed by atoms with Crippen LogP contribution in [0, 0.1) is 23.7 Å². The van der Waals surface area contributed by atoms with Crippen molar-refractivity contribution in [3.05, 3.63) is 58.8 Å². The normalized spacial score (nSPS) is 10.1. The number of rotatable bonds is 6. The van der Waals surface area contributed by atoms with Crippen LogP contribution in [0.25, 0.3) is 0 Å². The minimum Gasteiger partial charge on any atom is -0.469 e. The Balaban J connectivity index is 1.97. The number of carbonyl (C=O) groups is 3. The van der Waals surface area contributed by atoms with Crippen LogP contribution in [0.4, 0.5) is 10.6 Å². The average Bonchev–Trinajstić information content (AvgIpc) is 2.79. The molecule has 188 valence electrons. The van der Waals surface area contributed by atoms with Gasteiger partial charge in [0.05, 0.1) is 20.0 Å². The first-order valence-electron chi connectivity index (χ1n) is 11.0. The number of ether oxygens (including phenoxy) is 3. The predicted octanol–water partition coefficient (Wildman–Crippen LogP) is 2.63. The van der Waals surface area contributed by atoms with Gasteiger partial charge in [0, 0.05) is 17.3 Å². The third-order valence-electron chi connectivity index (χ3n) is 4.22. The van der Waals surface area contributed by atoms with Crippen molar-refractivity contribution in [1.29, 1.82) is 0 Å². The number of hydrogen-bond acceptors (Lipinski definition) is 8. The van der Waals surface area contributed by atoms with E-state index in [1.54, 1.807) is 51.1 Å². The van der Waals surface area contributed by atoms with Crippen LogP contribution >= 0.6 is 0 Å². The lowest BCUT2D eigenvalue weighted by atomic mass is 10.0. The highest BCUT2D eigenvalue weighted by atomic mass is 16.6. The van der Waals surface area contributed by atoms with E-state index in [1.807, 2.05) is 0 Å². The van der Waals surface area contributed by atoms with E-state index in [0.29, 0.717) is 22.3 Å². The molecule has 2 N–H and O–H groups in total. The van der Waals surface area contributed by atoms with Crippen molar-refractivity contribution < 1.29 is 33.7 Å². The molecule has 2 rings (SSSR count). The SMILES string of the molecule is COC(=O)Cc1cc(C#CCO)cc(C#CCOC(=O)Cc2ccnc(NC(=O)OC(C)(C)C)c2)c1. The smallest absolute Gasteiger partial charge is 0.413 e. The zero-order valence-electron chi connectivity index (χ0n) is 20.6. The number of nitrogens with zero attached hydrogens (tertiary/aromatic N) is 1. The lowest BCUT2D eigenvalue weighted by molar-refractivity contribution is -0.141. The second-order valence-corrected chi connectivity index (χ2v) is 8.45. The Bertz CT molecular complexity index is 1220. The van der Waals surface area contributed by atoms with Gasteiger partial charge in [0.25, 0.3) is 0 Å². The summed E-state index contributed by atoms with van der Waals surface area (Å²) in [5.74, 6) is 10.3. The molecule has 2 aromatic rings. The van der Waals surface area contributed by atoms with E-state index in [1.165, 1.54) is 13.3 Å². The summed E-state index contributed by atoms with van der Waals surface area (Å²) in [5.41, 5.74) is 1.75. The Morgan fingerprint density at radius 3 is 2.28 bits per heavy atom. The van der Waals surface area contributed by atoms with Gasteiger partial charge in [-0.3, -0.25) is 14.9 Å². The number of carbonyl (C=O) groups excluding carboxylic acids is 3. The fraction of sp³-hybridized carbons (Fsp3) is 0.333. The third-order valence-corrected chi connectivity index (χ3v) is 4.22. The topological polar surface area (TPSA) is 124 Å². The molecule has 36 heavy (non-hydrogen) atoms. The molecule has 0 bridgehead atoms. The first kappa shape index (κ1) is 27.9. The standard InChI is InChI=1S/C27H28N2O7/c1-27(2,3)36-26(33)29-23-16-21(9-10-28-23)17-25(32)35-12-6-8-20-13-19(7-5-11-30)14-22(15-20)18-24(31)34-4/h9-10,13-16,30H,11-12,17-18H2,1-4H3,(H,28,29,33). The molecule has 0 aliphatic heterocycles. The van der Waals surface area contributed by atoms with Gasteiger partial charge in [-0.25, -0.2) is 9.78 Å². The van der Waals surface area contributed by atoms with Crippen LogP contribution in [0.5, 0.6) is 0 Å². The van der Waals surface area contributed by atoms with Gasteiger partial charge in [-0.1, -0.05) is 23.7 Å². The predicted molar refractivity (Wildman–Crippen MR) is 132 cm³/mol. The van der Waals surface area contributed by atoms with Gasteiger partial charge in [0.2, 0.25) is 0 Å². The van der Waals surface area contributed by atoms with Gasteiger partial charge in [-0.15, -0.1) is 0 Å². The van der Waals surface area contributed by atoms with Gasteiger partial charge in [-0.05, 0) is 62.2 Å². The summed E-state index contributed by atoms with van der Waals surface area (Å²) in [5, 5.41) is 11.4. The Hall–Kier alpha value is -4.34. The van der Waals surface area contributed by atoms with Crippen molar-refractivity contribution >= 4 is 23.8 Å². The molecule has 0 atom stereocenters. The summed E-state index contributed by atoms with van der Waals surface area (Å²) in [4.78, 5) is 39.8. The summed E-state index contributed by atoms with van der Waals surface area (Å²) in [6, 6.07) is 8.32. The summed E-state index contributed by atoms with van der Waals surface area (Å²) in [7, 11) is 1.30. The van der Waals surface area contributed by atoms with Crippen molar-refractivity contribution in [1.82, 2.24) is 4.98 Å². The van der Waals surface area contributed by atoms with Gasteiger partial charge in [-0.2, -0.15) is 0 Å². The molecule has 0 aliphatic rings. The van der Waals surface area contributed by atoms with Crippen LogP contribution in [0.3, 0.4) is 0 Å². The molecule has 1 aromatic carbocycles. The molecule has 0 unspecified atom stereocenters. The molecular formula is C27H28N2O7. The van der Waals surface area contributed by atoms with Crippen molar-refractivity contribution in [3.63, 3.8) is 0 Å². The highest BCUT2D eigenvalue weighted by molar-refractivity contribution is 5.84. The van der Waals surface area contributed by atoms with E-state index >= 15 is 0 Å². The van der Waals surface area contributed by atoms with Crippen LogP contribution in [-0.2, 0) is 36.6 Å². The van der Waals surface area contributed by atoms with E-state index in [-0.39, 0.29) is 31.9 Å². The number of hydrogen-bond donors (Lipinski definition) is 2. The number of amides is 1. The molecule has 0 saturated carbocycles. The maximum Gasteiger partial charge on any atom is 0.413 e. The Morgan fingerprint density at radius 1 is 0.972 bits per heavy atom. The molecule has 9 nitrogen and oxygen atoms in total. The largest absolute Gasteiger partial charge is 0.469 e. The monoisotopic (exact) mass is 492 g/mol. The average molecular weight is 493 g/mol. The van der Waals surface area contributed by atoms with Gasteiger partial charge in [0.1, 0.15) is 18.0 Å². The van der Waals surface area contributed by atoms with Crippen LogP contribution in [0.15, 0.2) is 36.5 Å². The maximum absolute atomic E-state index is 12.2. The van der Waals surface area contributed by atoms with E-state index in [9.17, 15) is 14.4 Å². The first-order valence-corrected chi connectivity index (χ1v) is 11.0. The van der Waals surface area contributed by atoms with Crippen LogP contribution in [-0.4, -0.2) is 54.0 Å². The second kappa shape index (κ2) is 13.5. The number of benzene rings is 1. The van der Waals surface area contributed by atoms with Gasteiger partial charge >= 0.3 is 18.0 Å². The van der Waals surface area contributed by atoms with Gasteiger partial charge < -0.3 is 19.3 Å². The number of aliphatic hydroxyl groups excluding tert-OH is 1. The van der Waals surface area contributed by atoms with E-state index in [2.05, 4.69) is 34.0 Å². The Morgan fingerprint density at radius 2 is 1.64 bits per heavy atom. The molecule has 0 spiro atoms. The molecule has 1 heterocycles. The fourth-order valence-corrected chi connectivity index (χ4v) is 2.85. The second-order valence-electron chi connectivity index (χ2n) is 8.45. The number of nitrogens with one attached hydrogen (secondary N) is 1. The minimum atomic E-state index is -0.649. The number of aromatic nitrogens is 1. The first-order chi connectivity index (χ1) is 17.1. The van der Waals surface area contributed by atoms with E-state index in [4.69, 9.17) is 19.3 Å². The van der Waals surface area contributed by atoms with Crippen LogP contribution in [0.2, 0.25) is 0 Å². The quantitative estimate of drug-likeness (QED) is 0.358. The highest BCUT2D eigenvalue weighted by Crippen LogP contribution is 2.13. The lowest BCUT2D eigenvalue weighted by Crippen LogP contribution is -2.27. The summed E-state index contributed by atoms with van der Waals surface area (Å²) in [6.45, 7) is 4.80. The Kier molecular flexibility index (Phi) is 10.5. The molecule has 0 aliphatic carbocycles. The lowest BCUT2D eigenvalue weighted by Gasteiger charge is -2.19. The summed E-state index contributed by atoms with van der Waals surface area (Å²) >= 11 is 0. The van der Waals surface area contributed by atoms with E-state index < -0.39 is 23.6 Å².